The van der Waals surface area contributed by atoms with Gasteiger partial charge in [-0.15, -0.1) is 0 Å². The van der Waals surface area contributed by atoms with E-state index in [1.54, 1.807) is 12.1 Å². The Labute approximate surface area is 159 Å². The average molecular weight is 381 g/mol. The van der Waals surface area contributed by atoms with E-state index in [1.807, 2.05) is 19.9 Å². The summed E-state index contributed by atoms with van der Waals surface area (Å²) < 4.78 is 35.8. The number of guanidine groups is 1. The fraction of sp³-hybridized carbons (Fsp3) is 0.650. The third-order valence-electron chi connectivity index (χ3n) is 5.58. The van der Waals surface area contributed by atoms with Crippen LogP contribution in [0.3, 0.4) is 0 Å². The summed E-state index contributed by atoms with van der Waals surface area (Å²) in [6, 6.07) is 5.43. The number of rotatable bonds is 6. The zero-order valence-electron chi connectivity index (χ0n) is 16.4. The number of benzene rings is 1. The fourth-order valence-electron chi connectivity index (χ4n) is 4.29. The molecule has 27 heavy (non-hydrogen) atoms. The zero-order chi connectivity index (χ0) is 19.6. The number of aryl methyl sites for hydroxylation is 1. The lowest BCUT2D eigenvalue weighted by molar-refractivity contribution is -0.106. The second kappa shape index (κ2) is 8.00. The van der Waals surface area contributed by atoms with E-state index in [2.05, 4.69) is 34.2 Å². The smallest absolute Gasteiger partial charge is 0.387 e. The van der Waals surface area contributed by atoms with Gasteiger partial charge in [0, 0.05) is 36.1 Å². The molecule has 0 aromatic heterocycles. The Morgan fingerprint density at radius 3 is 2.89 bits per heavy atom. The standard InChI is InChI=1S/C20H29F2N3O2/c1-5-23-19(25-16-14-8-9-26-17(14)20(16,3)4)24-11-13-10-12(2)6-7-15(13)27-18(21)22/h6-7,10,14,16-18H,5,8-9,11H2,1-4H3,(H2,23,24,25). The predicted molar refractivity (Wildman–Crippen MR) is 101 cm³/mol. The Morgan fingerprint density at radius 2 is 2.19 bits per heavy atom. The minimum absolute atomic E-state index is 0.0324. The molecule has 1 heterocycles. The van der Waals surface area contributed by atoms with E-state index in [-0.39, 0.29) is 23.8 Å². The summed E-state index contributed by atoms with van der Waals surface area (Å²) in [5.74, 6) is 1.34. The number of halogens is 2. The maximum atomic E-state index is 12.7. The third kappa shape index (κ3) is 4.18. The molecule has 2 N–H and O–H groups in total. The Bertz CT molecular complexity index is 694. The Hall–Kier alpha value is -1.89. The van der Waals surface area contributed by atoms with E-state index in [9.17, 15) is 8.78 Å². The molecule has 3 unspecified atom stereocenters. The van der Waals surface area contributed by atoms with Crippen LogP contribution in [0.4, 0.5) is 8.78 Å². The Kier molecular flexibility index (Phi) is 5.89. The van der Waals surface area contributed by atoms with Gasteiger partial charge in [0.1, 0.15) is 5.75 Å². The SMILES string of the molecule is CCNC(=NCc1cc(C)ccc1OC(F)F)NC1C2CCOC2C1(C)C. The highest BCUT2D eigenvalue weighted by Gasteiger charge is 2.59. The van der Waals surface area contributed by atoms with Crippen molar-refractivity contribution in [2.45, 2.75) is 59.4 Å². The van der Waals surface area contributed by atoms with Gasteiger partial charge >= 0.3 is 6.61 Å². The molecular formula is C20H29F2N3O2. The van der Waals surface area contributed by atoms with Crippen LogP contribution < -0.4 is 15.4 Å². The van der Waals surface area contributed by atoms with E-state index < -0.39 is 6.61 Å². The quantitative estimate of drug-likeness (QED) is 0.585. The molecule has 0 amide bonds. The van der Waals surface area contributed by atoms with Crippen LogP contribution in [-0.4, -0.2) is 37.9 Å². The normalized spacial score (nSPS) is 26.5. The van der Waals surface area contributed by atoms with Gasteiger partial charge in [-0.05, 0) is 26.3 Å². The van der Waals surface area contributed by atoms with Gasteiger partial charge in [-0.3, -0.25) is 0 Å². The number of fused-ring (bicyclic) bond motifs is 1. The van der Waals surface area contributed by atoms with Crippen LogP contribution in [0, 0.1) is 18.3 Å². The van der Waals surface area contributed by atoms with Crippen LogP contribution in [0.1, 0.15) is 38.3 Å². The molecule has 0 spiro atoms. The van der Waals surface area contributed by atoms with Gasteiger partial charge in [0.15, 0.2) is 5.96 Å². The number of nitrogens with one attached hydrogen (secondary N) is 2. The molecule has 3 rings (SSSR count). The number of hydrogen-bond donors (Lipinski definition) is 2. The topological polar surface area (TPSA) is 54.9 Å². The van der Waals surface area contributed by atoms with Crippen LogP contribution in [0.15, 0.2) is 23.2 Å². The van der Waals surface area contributed by atoms with Crippen molar-refractivity contribution in [1.82, 2.24) is 10.6 Å². The number of hydrogen-bond acceptors (Lipinski definition) is 3. The number of ether oxygens (including phenoxy) is 2. The van der Waals surface area contributed by atoms with Crippen molar-refractivity contribution < 1.29 is 18.3 Å². The molecule has 1 aliphatic carbocycles. The van der Waals surface area contributed by atoms with Gasteiger partial charge in [0.2, 0.25) is 0 Å². The van der Waals surface area contributed by atoms with Crippen LogP contribution in [0.5, 0.6) is 5.75 Å². The van der Waals surface area contributed by atoms with Gasteiger partial charge in [-0.2, -0.15) is 8.78 Å². The van der Waals surface area contributed by atoms with E-state index in [0.29, 0.717) is 23.5 Å². The van der Waals surface area contributed by atoms with Crippen molar-refractivity contribution in [2.24, 2.45) is 16.3 Å². The third-order valence-corrected chi connectivity index (χ3v) is 5.58. The largest absolute Gasteiger partial charge is 0.434 e. The van der Waals surface area contributed by atoms with E-state index >= 15 is 0 Å². The minimum atomic E-state index is -2.85. The zero-order valence-corrected chi connectivity index (χ0v) is 16.4. The van der Waals surface area contributed by atoms with Gasteiger partial charge in [0.05, 0.1) is 12.6 Å². The molecule has 7 heteroatoms. The summed E-state index contributed by atoms with van der Waals surface area (Å²) in [5.41, 5.74) is 1.65. The van der Waals surface area contributed by atoms with Crippen molar-refractivity contribution >= 4 is 5.96 Å². The molecule has 1 aliphatic heterocycles. The molecule has 5 nitrogen and oxygen atoms in total. The summed E-state index contributed by atoms with van der Waals surface area (Å²) >= 11 is 0. The number of alkyl halides is 2. The first-order chi connectivity index (χ1) is 12.8. The highest BCUT2D eigenvalue weighted by molar-refractivity contribution is 5.80. The highest BCUT2D eigenvalue weighted by Crippen LogP contribution is 2.52. The molecule has 150 valence electrons. The summed E-state index contributed by atoms with van der Waals surface area (Å²) in [7, 11) is 0. The lowest BCUT2D eigenvalue weighted by atomic mass is 9.57. The molecule has 1 saturated carbocycles. The van der Waals surface area contributed by atoms with Crippen molar-refractivity contribution in [3.05, 3.63) is 29.3 Å². The summed E-state index contributed by atoms with van der Waals surface area (Å²) in [5, 5.41) is 6.78. The molecule has 0 radical (unpaired) electrons. The van der Waals surface area contributed by atoms with Gasteiger partial charge in [-0.1, -0.05) is 31.5 Å². The van der Waals surface area contributed by atoms with E-state index in [0.717, 1.165) is 25.1 Å². The lowest BCUT2D eigenvalue weighted by Gasteiger charge is -2.54. The second-order valence-electron chi connectivity index (χ2n) is 7.87. The van der Waals surface area contributed by atoms with Crippen LogP contribution >= 0.6 is 0 Å². The van der Waals surface area contributed by atoms with E-state index in [4.69, 9.17) is 4.74 Å². The van der Waals surface area contributed by atoms with Crippen LogP contribution in [0.2, 0.25) is 0 Å². The molecule has 1 saturated heterocycles. The second-order valence-corrected chi connectivity index (χ2v) is 7.87. The monoisotopic (exact) mass is 381 g/mol. The maximum Gasteiger partial charge on any atom is 0.387 e. The van der Waals surface area contributed by atoms with Crippen LogP contribution in [0.25, 0.3) is 0 Å². The molecule has 1 aromatic carbocycles. The predicted octanol–water partition coefficient (Wildman–Crippen LogP) is 3.47. The van der Waals surface area contributed by atoms with Gasteiger partial charge in [0.25, 0.3) is 0 Å². The molecule has 3 atom stereocenters. The number of aliphatic imine (C=N–C) groups is 1. The average Bonchev–Trinajstić information content (AvgIpc) is 3.06. The summed E-state index contributed by atoms with van der Waals surface area (Å²) in [6.07, 6.45) is 1.34. The summed E-state index contributed by atoms with van der Waals surface area (Å²) in [4.78, 5) is 4.62. The maximum absolute atomic E-state index is 12.7. The van der Waals surface area contributed by atoms with Crippen molar-refractivity contribution in [3.63, 3.8) is 0 Å². The number of nitrogens with zero attached hydrogens (tertiary/aromatic N) is 1. The molecule has 2 aliphatic rings. The van der Waals surface area contributed by atoms with Gasteiger partial charge < -0.3 is 20.1 Å². The molecule has 0 bridgehead atoms. The summed E-state index contributed by atoms with van der Waals surface area (Å²) in [6.45, 7) is 7.27. The Balaban J connectivity index is 1.74. The molecule has 1 aromatic rings. The van der Waals surface area contributed by atoms with E-state index in [1.165, 1.54) is 0 Å². The molecular weight excluding hydrogens is 352 g/mol. The van der Waals surface area contributed by atoms with Crippen molar-refractivity contribution in [2.75, 3.05) is 13.2 Å². The van der Waals surface area contributed by atoms with Crippen LogP contribution in [-0.2, 0) is 11.3 Å². The fourth-order valence-corrected chi connectivity index (χ4v) is 4.29. The first kappa shape index (κ1) is 19.9. The van der Waals surface area contributed by atoms with Crippen molar-refractivity contribution in [1.29, 1.82) is 0 Å². The molecule has 2 fully saturated rings. The Morgan fingerprint density at radius 1 is 1.41 bits per heavy atom. The lowest BCUT2D eigenvalue weighted by Crippen LogP contribution is -2.67. The highest BCUT2D eigenvalue weighted by atomic mass is 19.3. The first-order valence-corrected chi connectivity index (χ1v) is 9.53. The van der Waals surface area contributed by atoms with Gasteiger partial charge in [-0.25, -0.2) is 4.99 Å². The first-order valence-electron chi connectivity index (χ1n) is 9.53. The van der Waals surface area contributed by atoms with Crippen molar-refractivity contribution in [3.8, 4) is 5.75 Å². The minimum Gasteiger partial charge on any atom is -0.434 e.